The highest BCUT2D eigenvalue weighted by Gasteiger charge is 2.90. The topological polar surface area (TPSA) is 52.6 Å². The van der Waals surface area contributed by atoms with Gasteiger partial charge in [-0.3, -0.25) is 9.59 Å². The van der Waals surface area contributed by atoms with E-state index in [0.29, 0.717) is 6.42 Å². The van der Waals surface area contributed by atoms with Crippen molar-refractivity contribution in [3.05, 3.63) is 0 Å². The third-order valence-electron chi connectivity index (χ3n) is 7.44. The van der Waals surface area contributed by atoms with Crippen LogP contribution in [0.4, 0.5) is 57.1 Å². The summed E-state index contributed by atoms with van der Waals surface area (Å²) in [6, 6.07) is 0. The van der Waals surface area contributed by atoms with Crippen molar-refractivity contribution in [2.24, 2.45) is 23.2 Å². The molecule has 4 nitrogen and oxygen atoms in total. The van der Waals surface area contributed by atoms with Crippen molar-refractivity contribution in [3.63, 3.8) is 0 Å². The predicted octanol–water partition coefficient (Wildman–Crippen LogP) is 7.05. The average Bonchev–Trinajstić information content (AvgIpc) is 3.13. The van der Waals surface area contributed by atoms with Gasteiger partial charge in [-0.25, -0.2) is 0 Å². The number of carbonyl (C=O) groups excluding carboxylic acids is 2. The lowest BCUT2D eigenvalue weighted by molar-refractivity contribution is -0.440. The number of carbonyl (C=O) groups is 2. The van der Waals surface area contributed by atoms with Gasteiger partial charge in [0.05, 0.1) is 13.2 Å². The number of fused-ring (bicyclic) bond motifs is 1. The molecule has 2 aliphatic carbocycles. The Hall–Kier alpha value is -1.97. The summed E-state index contributed by atoms with van der Waals surface area (Å²) in [5, 5.41) is 0. The second-order valence-electron chi connectivity index (χ2n) is 9.64. The minimum Gasteiger partial charge on any atom is -0.465 e. The molecule has 39 heavy (non-hydrogen) atoms. The fourth-order valence-corrected chi connectivity index (χ4v) is 5.61. The molecule has 0 N–H and O–H groups in total. The molecule has 0 spiro atoms. The van der Waals surface area contributed by atoms with Crippen molar-refractivity contribution in [2.75, 3.05) is 13.2 Å². The molecule has 0 bridgehead atoms. The maximum Gasteiger partial charge on any atom is 0.460 e. The maximum atomic E-state index is 14.8. The quantitative estimate of drug-likeness (QED) is 0.153. The Balaban J connectivity index is 2.55. The zero-order valence-corrected chi connectivity index (χ0v) is 20.4. The van der Waals surface area contributed by atoms with Gasteiger partial charge in [-0.1, -0.05) is 12.8 Å². The van der Waals surface area contributed by atoms with Gasteiger partial charge in [0.2, 0.25) is 0 Å². The van der Waals surface area contributed by atoms with Crippen LogP contribution in [0, 0.1) is 23.2 Å². The Kier molecular flexibility index (Phi) is 8.91. The zero-order valence-electron chi connectivity index (χ0n) is 20.4. The highest BCUT2D eigenvalue weighted by Crippen LogP contribution is 2.64. The van der Waals surface area contributed by atoms with Gasteiger partial charge in [0.25, 0.3) is 0 Å². The summed E-state index contributed by atoms with van der Waals surface area (Å²) >= 11 is 0. The molecule has 228 valence electrons. The number of hydrogen-bond donors (Lipinski definition) is 0. The molecular formula is C22H25F13O4. The van der Waals surface area contributed by atoms with Crippen molar-refractivity contribution in [1.29, 1.82) is 0 Å². The first kappa shape index (κ1) is 33.2. The monoisotopic (exact) mass is 600 g/mol. The molecule has 17 heteroatoms. The van der Waals surface area contributed by atoms with Crippen molar-refractivity contribution in [3.8, 4) is 0 Å². The van der Waals surface area contributed by atoms with Gasteiger partial charge in [0, 0.05) is 6.42 Å². The normalized spacial score (nSPS) is 24.7. The molecule has 2 rings (SSSR count). The molecular weight excluding hydrogens is 575 g/mol. The molecule has 0 aromatic heterocycles. The number of rotatable bonds is 10. The SMILES string of the molecule is CCOC(=O)C1(C(=O)OCC)CC(CC(F)(F)C(F)(F)C(F)(F)C(F)(F)C(F)(F)C(F)(F)F)C2CCCCC21. The largest absolute Gasteiger partial charge is 0.465 e. The van der Waals surface area contributed by atoms with Crippen molar-refractivity contribution in [2.45, 2.75) is 88.2 Å². The first-order chi connectivity index (χ1) is 17.5. The average molecular weight is 600 g/mol. The predicted molar refractivity (Wildman–Crippen MR) is 105 cm³/mol. The van der Waals surface area contributed by atoms with E-state index in [-0.39, 0.29) is 32.5 Å². The second kappa shape index (κ2) is 10.5. The molecule has 2 saturated carbocycles. The summed E-state index contributed by atoms with van der Waals surface area (Å²) in [6.07, 6.45) is -10.5. The lowest BCUT2D eigenvalue weighted by Gasteiger charge is -2.41. The van der Waals surface area contributed by atoms with Crippen LogP contribution in [0.5, 0.6) is 0 Å². The molecule has 3 unspecified atom stereocenters. The van der Waals surface area contributed by atoms with Gasteiger partial charge in [0.1, 0.15) is 0 Å². The van der Waals surface area contributed by atoms with Crippen LogP contribution in [-0.2, 0) is 19.1 Å². The van der Waals surface area contributed by atoms with Crippen molar-refractivity contribution in [1.82, 2.24) is 0 Å². The van der Waals surface area contributed by atoms with Crippen LogP contribution in [0.1, 0.15) is 52.4 Å². The molecule has 0 heterocycles. The molecule has 0 saturated heterocycles. The van der Waals surface area contributed by atoms with Crippen LogP contribution in [0.2, 0.25) is 0 Å². The van der Waals surface area contributed by atoms with Crippen LogP contribution >= 0.6 is 0 Å². The van der Waals surface area contributed by atoms with Gasteiger partial charge in [-0.05, 0) is 50.9 Å². The summed E-state index contributed by atoms with van der Waals surface area (Å²) in [7, 11) is 0. The zero-order chi connectivity index (χ0) is 30.5. The number of ether oxygens (including phenoxy) is 2. The molecule has 2 fully saturated rings. The second-order valence-corrected chi connectivity index (χ2v) is 9.64. The van der Waals surface area contributed by atoms with Crippen molar-refractivity contribution < 1.29 is 76.1 Å². The van der Waals surface area contributed by atoms with Gasteiger partial charge in [0.15, 0.2) is 5.41 Å². The van der Waals surface area contributed by atoms with E-state index < -0.39 is 83.7 Å². The first-order valence-electron chi connectivity index (χ1n) is 11.8. The lowest BCUT2D eigenvalue weighted by Crippen LogP contribution is -2.70. The maximum absolute atomic E-state index is 14.8. The minimum atomic E-state index is -7.99. The van der Waals surface area contributed by atoms with E-state index in [9.17, 15) is 66.7 Å². The number of hydrogen-bond acceptors (Lipinski definition) is 4. The smallest absolute Gasteiger partial charge is 0.460 e. The highest BCUT2D eigenvalue weighted by atomic mass is 19.4. The molecule has 2 aliphatic rings. The lowest BCUT2D eigenvalue weighted by atomic mass is 9.68. The standard InChI is InChI=1S/C22H25F13O4/c1-3-38-14(36)16(15(37)39-4-2)9-11(12-7-5-6-8-13(12)16)10-17(23,24)18(25,26)19(27,28)20(29,30)21(31,32)22(33,34)35/h11-13H,3-10H2,1-2H3. The fourth-order valence-electron chi connectivity index (χ4n) is 5.61. The van der Waals surface area contributed by atoms with Gasteiger partial charge in [-0.15, -0.1) is 0 Å². The molecule has 0 radical (unpaired) electrons. The molecule has 0 aliphatic heterocycles. The summed E-state index contributed by atoms with van der Waals surface area (Å²) in [5.41, 5.74) is -2.34. The summed E-state index contributed by atoms with van der Waals surface area (Å²) < 4.78 is 187. The Morgan fingerprint density at radius 2 is 1.13 bits per heavy atom. The van der Waals surface area contributed by atoms with Gasteiger partial charge >= 0.3 is 47.7 Å². The molecule has 0 aromatic rings. The first-order valence-corrected chi connectivity index (χ1v) is 11.8. The van der Waals surface area contributed by atoms with Gasteiger partial charge in [-0.2, -0.15) is 57.1 Å². The van der Waals surface area contributed by atoms with E-state index in [2.05, 4.69) is 0 Å². The number of esters is 2. The van der Waals surface area contributed by atoms with E-state index in [0.717, 1.165) is 0 Å². The van der Waals surface area contributed by atoms with E-state index in [4.69, 9.17) is 9.47 Å². The van der Waals surface area contributed by atoms with Crippen LogP contribution < -0.4 is 0 Å². The summed E-state index contributed by atoms with van der Waals surface area (Å²) in [5.74, 6) is -44.3. The number of alkyl halides is 13. The number of halogens is 13. The van der Waals surface area contributed by atoms with Crippen LogP contribution in [0.15, 0.2) is 0 Å². The molecule has 3 atom stereocenters. The summed E-state index contributed by atoms with van der Waals surface area (Å²) in [6.45, 7) is 1.97. The Labute approximate surface area is 213 Å². The fraction of sp³-hybridized carbons (Fsp3) is 0.909. The van der Waals surface area contributed by atoms with Crippen LogP contribution in [0.25, 0.3) is 0 Å². The van der Waals surface area contributed by atoms with Gasteiger partial charge < -0.3 is 9.47 Å². The highest BCUT2D eigenvalue weighted by molar-refractivity contribution is 6.01. The molecule has 0 amide bonds. The van der Waals surface area contributed by atoms with E-state index >= 15 is 0 Å². The minimum absolute atomic E-state index is 0.0210. The van der Waals surface area contributed by atoms with E-state index in [1.165, 1.54) is 13.8 Å². The third kappa shape index (κ3) is 4.93. The van der Waals surface area contributed by atoms with E-state index in [1.54, 1.807) is 0 Å². The third-order valence-corrected chi connectivity index (χ3v) is 7.44. The summed E-state index contributed by atoms with van der Waals surface area (Å²) in [4.78, 5) is 25.7. The van der Waals surface area contributed by atoms with E-state index in [1.807, 2.05) is 0 Å². The Morgan fingerprint density at radius 1 is 0.692 bits per heavy atom. The Bertz CT molecular complexity index is 898. The van der Waals surface area contributed by atoms with Crippen molar-refractivity contribution >= 4 is 11.9 Å². The Morgan fingerprint density at radius 3 is 1.56 bits per heavy atom. The molecule has 0 aromatic carbocycles. The van der Waals surface area contributed by atoms with Crippen LogP contribution in [-0.4, -0.2) is 60.9 Å². The van der Waals surface area contributed by atoms with Crippen LogP contribution in [0.3, 0.4) is 0 Å².